The number of aliphatic carboxylic acids is 1. The normalized spacial score (nSPS) is 15.0. The standard InChI is InChI=1S/C36H60N8O9S/c1-6-21(4)30(44-33(49)26(14-16-54-5)40-31(47)24(38)17-20(2)3)35(51)42-27(18-22-10-12-23(45)13-11-22)34(50)41-25(9-7-8-15-37)32(48)43-28(36(52)53)19-29(39)46/h10-13,20-21,24-28,30,45H,6-9,14-19,37-38H2,1-5H3,(H2,39,46)(H,40,47)(H,41,50)(H,42,51)(H,43,48)(H,44,49)(H,52,53)/t21-,24-,25-,26-,27-,28-,30-/m0/s1. The van der Waals surface area contributed by atoms with Gasteiger partial charge in [0.15, 0.2) is 0 Å². The minimum Gasteiger partial charge on any atom is -0.508 e. The van der Waals surface area contributed by atoms with Crippen LogP contribution in [0.15, 0.2) is 24.3 Å². The molecule has 0 aliphatic heterocycles. The summed E-state index contributed by atoms with van der Waals surface area (Å²) < 4.78 is 0. The Morgan fingerprint density at radius 1 is 0.759 bits per heavy atom. The molecule has 0 saturated heterocycles. The topological polar surface area (TPSA) is 298 Å². The lowest BCUT2D eigenvalue weighted by atomic mass is 9.96. The number of carboxylic acid groups (broad SMARTS) is 1. The Bertz CT molecular complexity index is 1400. The zero-order valence-corrected chi connectivity index (χ0v) is 32.7. The van der Waals surface area contributed by atoms with Crippen molar-refractivity contribution in [2.24, 2.45) is 29.0 Å². The van der Waals surface area contributed by atoms with Crippen LogP contribution in [0.3, 0.4) is 0 Å². The molecular formula is C36H60N8O9S. The molecule has 0 aromatic heterocycles. The summed E-state index contributed by atoms with van der Waals surface area (Å²) in [6.07, 6.45) is 3.10. The van der Waals surface area contributed by atoms with E-state index in [4.69, 9.17) is 17.2 Å². The number of carbonyl (C=O) groups excluding carboxylic acids is 6. The van der Waals surface area contributed by atoms with Crippen molar-refractivity contribution < 1.29 is 43.8 Å². The highest BCUT2D eigenvalue weighted by atomic mass is 32.2. The first-order chi connectivity index (χ1) is 25.4. The van der Waals surface area contributed by atoms with Crippen molar-refractivity contribution in [1.29, 1.82) is 0 Å². The highest BCUT2D eigenvalue weighted by molar-refractivity contribution is 7.98. The van der Waals surface area contributed by atoms with Crippen LogP contribution < -0.4 is 43.8 Å². The summed E-state index contributed by atoms with van der Waals surface area (Å²) in [5, 5.41) is 32.4. The molecule has 6 amide bonds. The molecule has 0 saturated carbocycles. The molecule has 17 nitrogen and oxygen atoms in total. The molecule has 0 aliphatic carbocycles. The fraction of sp³-hybridized carbons (Fsp3) is 0.639. The van der Waals surface area contributed by atoms with Gasteiger partial charge in [-0.25, -0.2) is 4.79 Å². The number of amides is 6. The lowest BCUT2D eigenvalue weighted by molar-refractivity contribution is -0.143. The zero-order chi connectivity index (χ0) is 41.0. The van der Waals surface area contributed by atoms with Crippen LogP contribution in [0.2, 0.25) is 0 Å². The molecule has 1 rings (SSSR count). The van der Waals surface area contributed by atoms with Crippen molar-refractivity contribution in [3.8, 4) is 5.75 Å². The molecule has 0 aliphatic rings. The van der Waals surface area contributed by atoms with Gasteiger partial charge in [0.2, 0.25) is 35.4 Å². The molecule has 0 fully saturated rings. The predicted octanol–water partition coefficient (Wildman–Crippen LogP) is -0.380. The van der Waals surface area contributed by atoms with Crippen LogP contribution in [-0.4, -0.2) is 106 Å². The maximum atomic E-state index is 14.0. The van der Waals surface area contributed by atoms with Gasteiger partial charge in [-0.05, 0) is 80.2 Å². The quantitative estimate of drug-likeness (QED) is 0.0539. The first-order valence-corrected chi connectivity index (χ1v) is 19.6. The molecule has 7 atom stereocenters. The van der Waals surface area contributed by atoms with Crippen LogP contribution in [0.5, 0.6) is 5.75 Å². The molecule has 0 radical (unpaired) electrons. The van der Waals surface area contributed by atoms with E-state index in [1.165, 1.54) is 23.9 Å². The number of hydrogen-bond donors (Lipinski definition) is 10. The van der Waals surface area contributed by atoms with Gasteiger partial charge in [0.25, 0.3) is 0 Å². The maximum Gasteiger partial charge on any atom is 0.326 e. The van der Waals surface area contributed by atoms with Crippen molar-refractivity contribution in [3.05, 3.63) is 29.8 Å². The molecule has 54 heavy (non-hydrogen) atoms. The lowest BCUT2D eigenvalue weighted by Crippen LogP contribution is -2.61. The molecule has 0 bridgehead atoms. The largest absolute Gasteiger partial charge is 0.508 e. The molecule has 0 spiro atoms. The molecular weight excluding hydrogens is 721 g/mol. The monoisotopic (exact) mass is 780 g/mol. The van der Waals surface area contributed by atoms with Gasteiger partial charge in [0.1, 0.15) is 36.0 Å². The van der Waals surface area contributed by atoms with E-state index in [-0.39, 0.29) is 37.5 Å². The van der Waals surface area contributed by atoms with E-state index in [9.17, 15) is 43.8 Å². The minimum atomic E-state index is -1.65. The van der Waals surface area contributed by atoms with E-state index in [0.717, 1.165) is 0 Å². The number of carbonyl (C=O) groups is 7. The number of carboxylic acids is 1. The van der Waals surface area contributed by atoms with Crippen molar-refractivity contribution in [1.82, 2.24) is 26.6 Å². The average Bonchev–Trinajstić information content (AvgIpc) is 3.10. The van der Waals surface area contributed by atoms with Gasteiger partial charge in [-0.15, -0.1) is 0 Å². The van der Waals surface area contributed by atoms with Gasteiger partial charge in [-0.2, -0.15) is 11.8 Å². The maximum absolute atomic E-state index is 14.0. The van der Waals surface area contributed by atoms with Gasteiger partial charge in [0, 0.05) is 6.42 Å². The van der Waals surface area contributed by atoms with Crippen LogP contribution in [0.1, 0.15) is 78.2 Å². The summed E-state index contributed by atoms with van der Waals surface area (Å²) in [5.41, 5.74) is 17.4. The first-order valence-electron chi connectivity index (χ1n) is 18.2. The number of nitrogens with one attached hydrogen (secondary N) is 5. The zero-order valence-electron chi connectivity index (χ0n) is 31.9. The summed E-state index contributed by atoms with van der Waals surface area (Å²) in [4.78, 5) is 91.0. The number of unbranched alkanes of at least 4 members (excludes halogenated alkanes) is 1. The molecule has 18 heteroatoms. The van der Waals surface area contributed by atoms with Crippen molar-refractivity contribution in [2.75, 3.05) is 18.6 Å². The smallest absolute Gasteiger partial charge is 0.326 e. The third-order valence-electron chi connectivity index (χ3n) is 8.71. The molecule has 1 aromatic carbocycles. The Morgan fingerprint density at radius 3 is 1.83 bits per heavy atom. The highest BCUT2D eigenvalue weighted by Gasteiger charge is 2.35. The lowest BCUT2D eigenvalue weighted by Gasteiger charge is -2.29. The van der Waals surface area contributed by atoms with Gasteiger partial charge < -0.3 is 54.0 Å². The number of aromatic hydroxyl groups is 1. The van der Waals surface area contributed by atoms with Crippen LogP contribution in [0.4, 0.5) is 0 Å². The Labute approximate surface area is 321 Å². The summed E-state index contributed by atoms with van der Waals surface area (Å²) in [6.45, 7) is 7.71. The SMILES string of the molecule is CC[C@H](C)[C@H](NC(=O)[C@H](CCSC)NC(=O)[C@@H](N)CC(C)C)C(=O)N[C@@H](Cc1ccc(O)cc1)C(=O)N[C@@H](CCCCN)C(=O)N[C@@H](CC(N)=O)C(=O)O. The van der Waals surface area contributed by atoms with Crippen LogP contribution >= 0.6 is 11.8 Å². The number of phenolic OH excluding ortho intramolecular Hbond substituents is 1. The van der Waals surface area contributed by atoms with Crippen LogP contribution in [-0.2, 0) is 40.0 Å². The van der Waals surface area contributed by atoms with Gasteiger partial charge >= 0.3 is 5.97 Å². The van der Waals surface area contributed by atoms with Gasteiger partial charge in [-0.3, -0.25) is 28.8 Å². The summed E-state index contributed by atoms with van der Waals surface area (Å²) >= 11 is 1.48. The van der Waals surface area contributed by atoms with Crippen LogP contribution in [0, 0.1) is 11.8 Å². The third kappa shape index (κ3) is 17.6. The summed E-state index contributed by atoms with van der Waals surface area (Å²) in [5.74, 6) is -5.74. The Morgan fingerprint density at radius 2 is 1.30 bits per heavy atom. The second-order valence-corrected chi connectivity index (χ2v) is 14.8. The molecule has 0 unspecified atom stereocenters. The van der Waals surface area contributed by atoms with E-state index in [2.05, 4.69) is 26.6 Å². The molecule has 0 heterocycles. The van der Waals surface area contributed by atoms with Crippen molar-refractivity contribution >= 4 is 53.2 Å². The number of nitrogens with two attached hydrogens (primary N) is 3. The van der Waals surface area contributed by atoms with E-state index >= 15 is 0 Å². The Balaban J connectivity index is 3.43. The van der Waals surface area contributed by atoms with Gasteiger partial charge in [0.05, 0.1) is 12.5 Å². The highest BCUT2D eigenvalue weighted by Crippen LogP contribution is 2.15. The fourth-order valence-electron chi connectivity index (χ4n) is 5.40. The van der Waals surface area contributed by atoms with Gasteiger partial charge in [-0.1, -0.05) is 46.2 Å². The summed E-state index contributed by atoms with van der Waals surface area (Å²) in [6, 6.07) is -1.33. The minimum absolute atomic E-state index is 0.0304. The van der Waals surface area contributed by atoms with E-state index in [1.807, 2.05) is 27.0 Å². The number of phenols is 1. The third-order valence-corrected chi connectivity index (χ3v) is 9.35. The van der Waals surface area contributed by atoms with Crippen molar-refractivity contribution in [2.45, 2.75) is 115 Å². The predicted molar refractivity (Wildman–Crippen MR) is 206 cm³/mol. The van der Waals surface area contributed by atoms with Crippen LogP contribution in [0.25, 0.3) is 0 Å². The molecule has 13 N–H and O–H groups in total. The van der Waals surface area contributed by atoms with E-state index in [0.29, 0.717) is 37.0 Å². The molecule has 1 aromatic rings. The summed E-state index contributed by atoms with van der Waals surface area (Å²) in [7, 11) is 0. The average molecular weight is 781 g/mol. The van der Waals surface area contributed by atoms with E-state index < -0.39 is 90.0 Å². The number of benzene rings is 1. The number of thioether (sulfide) groups is 1. The number of rotatable bonds is 26. The number of primary amides is 1. The molecule has 304 valence electrons. The second-order valence-electron chi connectivity index (χ2n) is 13.8. The Kier molecular flexibility index (Phi) is 21.9. The number of hydrogen-bond acceptors (Lipinski definition) is 11. The van der Waals surface area contributed by atoms with Crippen molar-refractivity contribution in [3.63, 3.8) is 0 Å². The fourth-order valence-corrected chi connectivity index (χ4v) is 5.87. The van der Waals surface area contributed by atoms with E-state index in [1.54, 1.807) is 19.1 Å². The first kappa shape index (κ1) is 47.6. The Hall–Kier alpha value is -4.42. The second kappa shape index (κ2) is 24.8.